The third kappa shape index (κ3) is 3.64. The van der Waals surface area contributed by atoms with E-state index >= 15 is 0 Å². The zero-order valence-corrected chi connectivity index (χ0v) is 15.2. The second-order valence-corrected chi connectivity index (χ2v) is 6.89. The number of ether oxygens (including phenoxy) is 1. The SMILES string of the molecule is CC1Cc2cc(NC(=O)c3cccnc3N3CCOCC3)ccc2NC1=O. The van der Waals surface area contributed by atoms with E-state index in [9.17, 15) is 9.59 Å². The van der Waals surface area contributed by atoms with Gasteiger partial charge >= 0.3 is 0 Å². The number of hydrogen-bond donors (Lipinski definition) is 2. The van der Waals surface area contributed by atoms with Gasteiger partial charge in [-0.05, 0) is 42.3 Å². The van der Waals surface area contributed by atoms with E-state index in [0.29, 0.717) is 49.8 Å². The van der Waals surface area contributed by atoms with Gasteiger partial charge in [0, 0.05) is 36.6 Å². The number of hydrogen-bond acceptors (Lipinski definition) is 5. The highest BCUT2D eigenvalue weighted by Gasteiger charge is 2.23. The van der Waals surface area contributed by atoms with Gasteiger partial charge in [-0.1, -0.05) is 6.92 Å². The average Bonchev–Trinajstić information content (AvgIpc) is 2.70. The van der Waals surface area contributed by atoms with Crippen LogP contribution in [0.3, 0.4) is 0 Å². The van der Waals surface area contributed by atoms with E-state index in [1.165, 1.54) is 0 Å². The minimum Gasteiger partial charge on any atom is -0.378 e. The molecule has 2 aromatic rings. The fourth-order valence-corrected chi connectivity index (χ4v) is 3.44. The summed E-state index contributed by atoms with van der Waals surface area (Å²) >= 11 is 0. The number of anilines is 3. The number of aromatic nitrogens is 1. The lowest BCUT2D eigenvalue weighted by molar-refractivity contribution is -0.119. The number of rotatable bonds is 3. The highest BCUT2D eigenvalue weighted by molar-refractivity contribution is 6.08. The maximum Gasteiger partial charge on any atom is 0.259 e. The average molecular weight is 366 g/mol. The van der Waals surface area contributed by atoms with E-state index in [1.54, 1.807) is 24.4 Å². The molecule has 2 N–H and O–H groups in total. The van der Waals surface area contributed by atoms with Gasteiger partial charge in [0.2, 0.25) is 5.91 Å². The molecule has 1 atom stereocenters. The van der Waals surface area contributed by atoms with Gasteiger partial charge in [0.15, 0.2) is 0 Å². The van der Waals surface area contributed by atoms with Gasteiger partial charge in [-0.15, -0.1) is 0 Å². The van der Waals surface area contributed by atoms with Crippen LogP contribution in [0.1, 0.15) is 22.8 Å². The Morgan fingerprint density at radius 2 is 2.11 bits per heavy atom. The minimum absolute atomic E-state index is 0.0322. The van der Waals surface area contributed by atoms with Gasteiger partial charge < -0.3 is 20.3 Å². The van der Waals surface area contributed by atoms with Gasteiger partial charge in [-0.3, -0.25) is 9.59 Å². The van der Waals surface area contributed by atoms with Crippen molar-refractivity contribution in [2.75, 3.05) is 41.8 Å². The standard InChI is InChI=1S/C20H22N4O3/c1-13-11-14-12-15(4-5-17(14)23-19(13)25)22-20(26)16-3-2-6-21-18(16)24-7-9-27-10-8-24/h2-6,12-13H,7-11H2,1H3,(H,22,26)(H,23,25). The second kappa shape index (κ2) is 7.36. The minimum atomic E-state index is -0.197. The highest BCUT2D eigenvalue weighted by atomic mass is 16.5. The lowest BCUT2D eigenvalue weighted by Gasteiger charge is -2.29. The van der Waals surface area contributed by atoms with Crippen molar-refractivity contribution in [2.45, 2.75) is 13.3 Å². The van der Waals surface area contributed by atoms with E-state index in [2.05, 4.69) is 20.5 Å². The Bertz CT molecular complexity index is 877. The van der Waals surface area contributed by atoms with E-state index < -0.39 is 0 Å². The molecule has 1 unspecified atom stereocenters. The van der Waals surface area contributed by atoms with E-state index in [-0.39, 0.29) is 17.7 Å². The van der Waals surface area contributed by atoms with Crippen molar-refractivity contribution < 1.29 is 14.3 Å². The molecule has 0 bridgehead atoms. The summed E-state index contributed by atoms with van der Waals surface area (Å²) in [5.74, 6) is 0.439. The van der Waals surface area contributed by atoms with Gasteiger partial charge in [0.1, 0.15) is 5.82 Å². The first-order chi connectivity index (χ1) is 13.1. The first-order valence-corrected chi connectivity index (χ1v) is 9.14. The predicted molar refractivity (Wildman–Crippen MR) is 103 cm³/mol. The molecule has 3 heterocycles. The molecule has 140 valence electrons. The molecule has 0 aliphatic carbocycles. The molecule has 2 aliphatic heterocycles. The second-order valence-electron chi connectivity index (χ2n) is 6.89. The fraction of sp³-hybridized carbons (Fsp3) is 0.350. The molecular formula is C20H22N4O3. The van der Waals surface area contributed by atoms with Crippen LogP contribution in [-0.4, -0.2) is 43.1 Å². The Hall–Kier alpha value is -2.93. The number of carbonyl (C=O) groups excluding carboxylic acids is 2. The van der Waals surface area contributed by atoms with Crippen LogP contribution in [0.15, 0.2) is 36.5 Å². The summed E-state index contributed by atoms with van der Waals surface area (Å²) in [6, 6.07) is 9.11. The Labute approximate surface area is 157 Å². The molecule has 2 amide bonds. The largest absolute Gasteiger partial charge is 0.378 e. The highest BCUT2D eigenvalue weighted by Crippen LogP contribution is 2.28. The third-order valence-electron chi connectivity index (χ3n) is 4.94. The predicted octanol–water partition coefficient (Wildman–Crippen LogP) is 2.30. The van der Waals surface area contributed by atoms with Crippen LogP contribution >= 0.6 is 0 Å². The van der Waals surface area contributed by atoms with Crippen molar-refractivity contribution in [3.05, 3.63) is 47.7 Å². The first-order valence-electron chi connectivity index (χ1n) is 9.14. The molecule has 0 spiro atoms. The van der Waals surface area contributed by atoms with Crippen LogP contribution in [0, 0.1) is 5.92 Å². The molecule has 1 fully saturated rings. The number of fused-ring (bicyclic) bond motifs is 1. The lowest BCUT2D eigenvalue weighted by atomic mass is 9.94. The Morgan fingerprint density at radius 3 is 2.93 bits per heavy atom. The number of pyridine rings is 1. The molecule has 1 saturated heterocycles. The molecular weight excluding hydrogens is 344 g/mol. The Balaban J connectivity index is 1.55. The van der Waals surface area contributed by atoms with Crippen LogP contribution in [0.4, 0.5) is 17.2 Å². The summed E-state index contributed by atoms with van der Waals surface area (Å²) in [4.78, 5) is 31.2. The molecule has 7 nitrogen and oxygen atoms in total. The molecule has 1 aromatic heterocycles. The fourth-order valence-electron chi connectivity index (χ4n) is 3.44. The number of nitrogens with one attached hydrogen (secondary N) is 2. The smallest absolute Gasteiger partial charge is 0.259 e. The molecule has 27 heavy (non-hydrogen) atoms. The van der Waals surface area contributed by atoms with Crippen LogP contribution in [0.2, 0.25) is 0 Å². The van der Waals surface area contributed by atoms with Crippen molar-refractivity contribution in [3.63, 3.8) is 0 Å². The summed E-state index contributed by atoms with van der Waals surface area (Å²) in [6.45, 7) is 4.59. The molecule has 0 saturated carbocycles. The van der Waals surface area contributed by atoms with E-state index in [0.717, 1.165) is 11.3 Å². The molecule has 4 rings (SSSR count). The lowest BCUT2D eigenvalue weighted by Crippen LogP contribution is -2.38. The summed E-state index contributed by atoms with van der Waals surface area (Å²) in [6.07, 6.45) is 2.36. The monoisotopic (exact) mass is 366 g/mol. The van der Waals surface area contributed by atoms with Crippen molar-refractivity contribution in [1.82, 2.24) is 4.98 Å². The van der Waals surface area contributed by atoms with Crippen LogP contribution in [0.5, 0.6) is 0 Å². The van der Waals surface area contributed by atoms with Crippen molar-refractivity contribution in [1.29, 1.82) is 0 Å². The number of carbonyl (C=O) groups is 2. The van der Waals surface area contributed by atoms with Crippen molar-refractivity contribution >= 4 is 29.0 Å². The van der Waals surface area contributed by atoms with Crippen molar-refractivity contribution in [3.8, 4) is 0 Å². The quantitative estimate of drug-likeness (QED) is 0.871. The zero-order valence-electron chi connectivity index (χ0n) is 15.2. The van der Waals surface area contributed by atoms with Crippen LogP contribution in [0.25, 0.3) is 0 Å². The molecule has 1 aromatic carbocycles. The Morgan fingerprint density at radius 1 is 1.30 bits per heavy atom. The number of morpholine rings is 1. The van der Waals surface area contributed by atoms with E-state index in [4.69, 9.17) is 4.74 Å². The van der Waals surface area contributed by atoms with Gasteiger partial charge in [0.25, 0.3) is 5.91 Å². The summed E-state index contributed by atoms with van der Waals surface area (Å²) < 4.78 is 5.39. The number of nitrogens with zero attached hydrogens (tertiary/aromatic N) is 2. The maximum absolute atomic E-state index is 12.9. The molecule has 2 aliphatic rings. The van der Waals surface area contributed by atoms with Crippen molar-refractivity contribution in [2.24, 2.45) is 5.92 Å². The molecule has 7 heteroatoms. The van der Waals surface area contributed by atoms with Gasteiger partial charge in [-0.25, -0.2) is 4.98 Å². The number of amides is 2. The Kier molecular flexibility index (Phi) is 4.77. The van der Waals surface area contributed by atoms with Crippen LogP contribution < -0.4 is 15.5 Å². The summed E-state index contributed by atoms with van der Waals surface area (Å²) in [7, 11) is 0. The maximum atomic E-state index is 12.9. The summed E-state index contributed by atoms with van der Waals surface area (Å²) in [5, 5.41) is 5.86. The van der Waals surface area contributed by atoms with Gasteiger partial charge in [0.05, 0.1) is 18.8 Å². The van der Waals surface area contributed by atoms with E-state index in [1.807, 2.05) is 19.1 Å². The normalized spacial score (nSPS) is 19.2. The molecule has 0 radical (unpaired) electrons. The zero-order chi connectivity index (χ0) is 18.8. The first kappa shape index (κ1) is 17.5. The van der Waals surface area contributed by atoms with Crippen LogP contribution in [-0.2, 0) is 16.0 Å². The topological polar surface area (TPSA) is 83.6 Å². The third-order valence-corrected chi connectivity index (χ3v) is 4.94. The van der Waals surface area contributed by atoms with Gasteiger partial charge in [-0.2, -0.15) is 0 Å². The number of benzene rings is 1. The summed E-state index contributed by atoms with van der Waals surface area (Å²) in [5.41, 5.74) is 3.09.